The van der Waals surface area contributed by atoms with E-state index in [0.717, 1.165) is 21.4 Å². The number of rotatable bonds is 0. The van der Waals surface area contributed by atoms with E-state index >= 15 is 0 Å². The van der Waals surface area contributed by atoms with Gasteiger partial charge in [-0.15, -0.1) is 11.8 Å². The highest BCUT2D eigenvalue weighted by Gasteiger charge is 2.23. The second-order valence-corrected chi connectivity index (χ2v) is 4.68. The summed E-state index contributed by atoms with van der Waals surface area (Å²) in [7, 11) is 1.94. The number of anilines is 1. The van der Waals surface area contributed by atoms with Crippen molar-refractivity contribution in [2.24, 2.45) is 0 Å². The highest BCUT2D eigenvalue weighted by atomic mass is 35.5. The van der Waals surface area contributed by atoms with E-state index in [9.17, 15) is 0 Å². The summed E-state index contributed by atoms with van der Waals surface area (Å²) in [6.45, 7) is 0. The van der Waals surface area contributed by atoms with Crippen molar-refractivity contribution in [3.63, 3.8) is 0 Å². The van der Waals surface area contributed by atoms with E-state index in [-0.39, 0.29) is 6.04 Å². The molecule has 1 aromatic rings. The van der Waals surface area contributed by atoms with Crippen LogP contribution in [0.1, 0.15) is 0 Å². The summed E-state index contributed by atoms with van der Waals surface area (Å²) in [6, 6.07) is 8.02. The predicted octanol–water partition coefficient (Wildman–Crippen LogP) is 2.77. The van der Waals surface area contributed by atoms with Gasteiger partial charge in [-0.25, -0.2) is 0 Å². The summed E-state index contributed by atoms with van der Waals surface area (Å²) in [5.41, 5.74) is 1.09. The zero-order valence-corrected chi connectivity index (χ0v) is 9.27. The lowest BCUT2D eigenvalue weighted by atomic mass is 10.2. The molecule has 0 saturated heterocycles. The number of fused-ring (bicyclic) bond motifs is 1. The predicted molar refractivity (Wildman–Crippen MR) is 60.0 cm³/mol. The molecule has 14 heavy (non-hydrogen) atoms. The molecule has 0 aliphatic carbocycles. The Morgan fingerprint density at radius 3 is 3.14 bits per heavy atom. The Morgan fingerprint density at radius 1 is 1.64 bits per heavy atom. The van der Waals surface area contributed by atoms with Gasteiger partial charge in [-0.3, -0.25) is 0 Å². The summed E-state index contributed by atoms with van der Waals surface area (Å²) in [5.74, 6) is 0.806. The van der Waals surface area contributed by atoms with E-state index in [1.165, 1.54) is 0 Å². The molecule has 1 aliphatic heterocycles. The third-order valence-electron chi connectivity index (χ3n) is 2.32. The van der Waals surface area contributed by atoms with Crippen LogP contribution in [0.4, 0.5) is 5.69 Å². The molecule has 1 heterocycles. The van der Waals surface area contributed by atoms with Gasteiger partial charge >= 0.3 is 0 Å². The van der Waals surface area contributed by atoms with Crippen LogP contribution in [-0.2, 0) is 0 Å². The van der Waals surface area contributed by atoms with Crippen LogP contribution in [0.5, 0.6) is 0 Å². The van der Waals surface area contributed by atoms with Crippen LogP contribution in [0.15, 0.2) is 23.1 Å². The minimum atomic E-state index is -0.0336. The molecule has 0 fully saturated rings. The molecule has 0 amide bonds. The fourth-order valence-electron chi connectivity index (χ4n) is 1.47. The van der Waals surface area contributed by atoms with Crippen LogP contribution in [0.3, 0.4) is 0 Å². The number of thioether (sulfide) groups is 1. The van der Waals surface area contributed by atoms with Crippen molar-refractivity contribution in [1.82, 2.24) is 0 Å². The molecule has 2 nitrogen and oxygen atoms in total. The van der Waals surface area contributed by atoms with Crippen molar-refractivity contribution in [2.75, 3.05) is 17.7 Å². The lowest BCUT2D eigenvalue weighted by Crippen LogP contribution is -2.35. The average molecular weight is 225 g/mol. The molecule has 1 unspecified atom stereocenters. The average Bonchev–Trinajstić information content (AvgIpc) is 2.18. The minimum absolute atomic E-state index is 0.0336. The Balaban J connectivity index is 2.42. The lowest BCUT2D eigenvalue weighted by Gasteiger charge is -2.31. The molecular formula is C10H9ClN2S. The van der Waals surface area contributed by atoms with Crippen molar-refractivity contribution < 1.29 is 0 Å². The Labute approximate surface area is 92.5 Å². The van der Waals surface area contributed by atoms with Crippen molar-refractivity contribution in [3.05, 3.63) is 23.2 Å². The zero-order chi connectivity index (χ0) is 10.1. The molecule has 1 aliphatic rings. The van der Waals surface area contributed by atoms with Gasteiger partial charge in [-0.05, 0) is 18.2 Å². The van der Waals surface area contributed by atoms with E-state index in [4.69, 9.17) is 16.9 Å². The van der Waals surface area contributed by atoms with Gasteiger partial charge in [-0.1, -0.05) is 11.6 Å². The molecule has 0 saturated carbocycles. The summed E-state index contributed by atoms with van der Waals surface area (Å²) in [5, 5.41) is 9.66. The van der Waals surface area contributed by atoms with Gasteiger partial charge in [0.15, 0.2) is 0 Å². The normalized spacial score (nSPS) is 20.1. The minimum Gasteiger partial charge on any atom is -0.357 e. The number of hydrogen-bond donors (Lipinski definition) is 0. The van der Waals surface area contributed by atoms with E-state index in [0.29, 0.717) is 0 Å². The maximum Gasteiger partial charge on any atom is 0.126 e. The Bertz CT molecular complexity index is 400. The molecule has 1 atom stereocenters. The highest BCUT2D eigenvalue weighted by Crippen LogP contribution is 2.37. The maximum absolute atomic E-state index is 8.91. The molecule has 0 N–H and O–H groups in total. The van der Waals surface area contributed by atoms with E-state index in [2.05, 4.69) is 6.07 Å². The maximum atomic E-state index is 8.91. The lowest BCUT2D eigenvalue weighted by molar-refractivity contribution is 0.823. The number of halogens is 1. The van der Waals surface area contributed by atoms with Gasteiger partial charge in [0.05, 0.1) is 11.8 Å². The topological polar surface area (TPSA) is 27.0 Å². The Morgan fingerprint density at radius 2 is 2.43 bits per heavy atom. The van der Waals surface area contributed by atoms with Crippen LogP contribution in [-0.4, -0.2) is 18.8 Å². The fourth-order valence-corrected chi connectivity index (χ4v) is 2.91. The van der Waals surface area contributed by atoms with Crippen LogP contribution in [0, 0.1) is 11.3 Å². The van der Waals surface area contributed by atoms with E-state index < -0.39 is 0 Å². The number of nitriles is 1. The van der Waals surface area contributed by atoms with Crippen molar-refractivity contribution in [2.45, 2.75) is 10.9 Å². The first-order chi connectivity index (χ1) is 6.72. The monoisotopic (exact) mass is 224 g/mol. The number of hydrogen-bond acceptors (Lipinski definition) is 3. The first kappa shape index (κ1) is 9.70. The standard InChI is InChI=1S/C10H9ClN2S/c1-13-8(5-12)6-14-10-4-7(11)2-3-9(10)13/h2-4,8H,6H2,1H3. The zero-order valence-electron chi connectivity index (χ0n) is 7.70. The molecule has 0 aromatic heterocycles. The first-order valence-electron chi connectivity index (χ1n) is 4.27. The van der Waals surface area contributed by atoms with Gasteiger partial charge in [-0.2, -0.15) is 5.26 Å². The highest BCUT2D eigenvalue weighted by molar-refractivity contribution is 7.99. The fraction of sp³-hybridized carbons (Fsp3) is 0.300. The third-order valence-corrected chi connectivity index (χ3v) is 3.67. The van der Waals surface area contributed by atoms with Gasteiger partial charge < -0.3 is 4.90 Å². The molecule has 1 aromatic carbocycles. The molecule has 0 radical (unpaired) electrons. The van der Waals surface area contributed by atoms with Crippen LogP contribution < -0.4 is 4.90 Å². The van der Waals surface area contributed by atoms with E-state index in [1.807, 2.05) is 30.1 Å². The SMILES string of the molecule is CN1c2ccc(Cl)cc2SCC1C#N. The Hall–Kier alpha value is -0.850. The van der Waals surface area contributed by atoms with Gasteiger partial charge in [0.2, 0.25) is 0 Å². The largest absolute Gasteiger partial charge is 0.357 e. The van der Waals surface area contributed by atoms with Gasteiger partial charge in [0.25, 0.3) is 0 Å². The molecule has 0 spiro atoms. The number of nitrogens with zero attached hydrogens (tertiary/aromatic N) is 2. The van der Waals surface area contributed by atoms with E-state index in [1.54, 1.807) is 11.8 Å². The molecule has 2 rings (SSSR count). The summed E-state index contributed by atoms with van der Waals surface area (Å²) in [6.07, 6.45) is 0. The summed E-state index contributed by atoms with van der Waals surface area (Å²) in [4.78, 5) is 3.16. The van der Waals surface area contributed by atoms with Crippen LogP contribution in [0.2, 0.25) is 5.02 Å². The summed E-state index contributed by atoms with van der Waals surface area (Å²) < 4.78 is 0. The van der Waals surface area contributed by atoms with Crippen molar-refractivity contribution in [3.8, 4) is 6.07 Å². The third kappa shape index (κ3) is 1.56. The molecule has 72 valence electrons. The van der Waals surface area contributed by atoms with Gasteiger partial charge in [0.1, 0.15) is 6.04 Å². The molecule has 0 bridgehead atoms. The molecule has 4 heteroatoms. The van der Waals surface area contributed by atoms with Crippen LogP contribution in [0.25, 0.3) is 0 Å². The number of benzene rings is 1. The first-order valence-corrected chi connectivity index (χ1v) is 5.63. The summed E-state index contributed by atoms with van der Waals surface area (Å²) >= 11 is 7.59. The van der Waals surface area contributed by atoms with Crippen molar-refractivity contribution in [1.29, 1.82) is 5.26 Å². The van der Waals surface area contributed by atoms with Crippen LogP contribution >= 0.6 is 23.4 Å². The Kier molecular flexibility index (Phi) is 2.58. The van der Waals surface area contributed by atoms with Gasteiger partial charge in [0, 0.05) is 22.7 Å². The molecular weight excluding hydrogens is 216 g/mol. The second-order valence-electron chi connectivity index (χ2n) is 3.18. The smallest absolute Gasteiger partial charge is 0.126 e. The van der Waals surface area contributed by atoms with Crippen molar-refractivity contribution >= 4 is 29.1 Å². The quantitative estimate of drug-likeness (QED) is 0.678. The second kappa shape index (κ2) is 3.72.